The van der Waals surface area contributed by atoms with E-state index in [2.05, 4.69) is 20.1 Å². The highest BCUT2D eigenvalue weighted by molar-refractivity contribution is 6.04. The van der Waals surface area contributed by atoms with Gasteiger partial charge in [0, 0.05) is 24.0 Å². The van der Waals surface area contributed by atoms with Crippen LogP contribution in [0.15, 0.2) is 67.1 Å². The molecule has 162 valence electrons. The lowest BCUT2D eigenvalue weighted by atomic mass is 10.1. The molecule has 5 rings (SSSR count). The lowest BCUT2D eigenvalue weighted by Crippen LogP contribution is -2.23. The number of nitrogens with one attached hydrogen (secondary N) is 1. The van der Waals surface area contributed by atoms with Crippen molar-refractivity contribution in [1.82, 2.24) is 34.4 Å². The van der Waals surface area contributed by atoms with Crippen molar-refractivity contribution in [2.45, 2.75) is 19.9 Å². The number of aromatic amines is 1. The van der Waals surface area contributed by atoms with Gasteiger partial charge in [-0.05, 0) is 61.9 Å². The van der Waals surface area contributed by atoms with Crippen LogP contribution in [0.3, 0.4) is 0 Å². The lowest BCUT2D eigenvalue weighted by Gasteiger charge is -2.15. The predicted molar refractivity (Wildman–Crippen MR) is 125 cm³/mol. The van der Waals surface area contributed by atoms with Crippen LogP contribution >= 0.6 is 0 Å². The number of aromatic nitrogens is 6. The van der Waals surface area contributed by atoms with Gasteiger partial charge in [0.2, 0.25) is 0 Å². The van der Waals surface area contributed by atoms with E-state index < -0.39 is 0 Å². The lowest BCUT2D eigenvalue weighted by molar-refractivity contribution is 0.441. The first-order valence-electron chi connectivity index (χ1n) is 10.6. The van der Waals surface area contributed by atoms with Gasteiger partial charge in [-0.15, -0.1) is 0 Å². The van der Waals surface area contributed by atoms with Crippen LogP contribution in [0.5, 0.6) is 0 Å². The van der Waals surface area contributed by atoms with Gasteiger partial charge in [0.15, 0.2) is 13.6 Å². The molecule has 0 aliphatic rings. The average molecular weight is 437 g/mol. The summed E-state index contributed by atoms with van der Waals surface area (Å²) >= 11 is 0. The largest absolute Gasteiger partial charge is 0.347 e. The molecule has 0 spiro atoms. The van der Waals surface area contributed by atoms with Gasteiger partial charge in [-0.25, -0.2) is 18.9 Å². The van der Waals surface area contributed by atoms with E-state index in [9.17, 15) is 4.39 Å². The molecule has 1 N–H and O–H groups in total. The zero-order valence-corrected chi connectivity index (χ0v) is 18.1. The maximum absolute atomic E-state index is 13.4. The van der Waals surface area contributed by atoms with Crippen LogP contribution < -0.4 is 0 Å². The third kappa shape index (κ3) is 4.68. The molecule has 0 saturated carbocycles. The highest BCUT2D eigenvalue weighted by atomic mass is 19.1. The monoisotopic (exact) mass is 437 g/mol. The summed E-state index contributed by atoms with van der Waals surface area (Å²) in [5, 5.41) is 4.23. The second-order valence-electron chi connectivity index (χ2n) is 7.90. The maximum atomic E-state index is 13.4. The number of fused-ring (bicyclic) bond motifs is 1. The summed E-state index contributed by atoms with van der Waals surface area (Å²) in [5.41, 5.74) is 5.83. The first-order chi connectivity index (χ1) is 16.0. The van der Waals surface area contributed by atoms with Crippen molar-refractivity contribution < 1.29 is 4.39 Å². The fourth-order valence-electron chi connectivity index (χ4n) is 3.77. The standard InChI is InChI=1S/C24H21BFN7/c1-16-4-2-7-20(29-16)24-23(18-8-9-22-27-15-28-33(22)13-18)30-21(31-24)14-32(25)11-10-17-5-3-6-19(26)12-17/h2-9,12-13,15H,10-11,14H2,1H3,(H,30,31). The van der Waals surface area contributed by atoms with Crippen LogP contribution in [-0.4, -0.2) is 48.9 Å². The Morgan fingerprint density at radius 3 is 2.82 bits per heavy atom. The molecular weight excluding hydrogens is 416 g/mol. The van der Waals surface area contributed by atoms with E-state index in [1.165, 1.54) is 18.5 Å². The molecule has 0 fully saturated rings. The van der Waals surface area contributed by atoms with Crippen molar-refractivity contribution >= 4 is 13.6 Å². The second-order valence-corrected chi connectivity index (χ2v) is 7.90. The summed E-state index contributed by atoms with van der Waals surface area (Å²) in [6, 6.07) is 16.3. The summed E-state index contributed by atoms with van der Waals surface area (Å²) in [6.07, 6.45) is 4.05. The first kappa shape index (κ1) is 21.0. The third-order valence-corrected chi connectivity index (χ3v) is 5.37. The van der Waals surface area contributed by atoms with Crippen molar-refractivity contribution in [3.8, 4) is 22.6 Å². The van der Waals surface area contributed by atoms with Crippen molar-refractivity contribution in [2.75, 3.05) is 6.54 Å². The fraction of sp³-hybridized carbons (Fsp3) is 0.167. The zero-order chi connectivity index (χ0) is 22.8. The van der Waals surface area contributed by atoms with E-state index in [1.807, 2.05) is 49.5 Å². The number of imidazole rings is 1. The smallest absolute Gasteiger partial charge is 0.183 e. The number of pyridine rings is 2. The summed E-state index contributed by atoms with van der Waals surface area (Å²) in [7, 11) is 6.25. The van der Waals surface area contributed by atoms with Gasteiger partial charge in [-0.1, -0.05) is 18.2 Å². The van der Waals surface area contributed by atoms with Gasteiger partial charge in [0.05, 0.1) is 17.1 Å². The molecule has 5 aromatic rings. The summed E-state index contributed by atoms with van der Waals surface area (Å²) in [4.78, 5) is 18.8. The molecule has 4 heterocycles. The van der Waals surface area contributed by atoms with Crippen molar-refractivity contribution in [1.29, 1.82) is 0 Å². The Bertz CT molecular complexity index is 1410. The molecule has 0 unspecified atom stereocenters. The molecule has 7 nitrogen and oxygen atoms in total. The normalized spacial score (nSPS) is 11.5. The van der Waals surface area contributed by atoms with Crippen LogP contribution in [0.2, 0.25) is 0 Å². The molecular formula is C24H21BFN7. The van der Waals surface area contributed by atoms with Crippen LogP contribution in [0, 0.1) is 12.7 Å². The van der Waals surface area contributed by atoms with Crippen LogP contribution in [0.1, 0.15) is 17.1 Å². The fourth-order valence-corrected chi connectivity index (χ4v) is 3.77. The number of halogens is 1. The van der Waals surface area contributed by atoms with Gasteiger partial charge < -0.3 is 9.79 Å². The van der Waals surface area contributed by atoms with Crippen LogP contribution in [0.25, 0.3) is 28.3 Å². The maximum Gasteiger partial charge on any atom is 0.183 e. The second kappa shape index (κ2) is 8.95. The zero-order valence-electron chi connectivity index (χ0n) is 18.1. The number of nitrogens with zero attached hydrogens (tertiary/aromatic N) is 6. The average Bonchev–Trinajstić information content (AvgIpc) is 3.44. The molecule has 0 bridgehead atoms. The Balaban J connectivity index is 1.43. The number of rotatable bonds is 7. The Hall–Kier alpha value is -3.85. The Kier molecular flexibility index (Phi) is 5.70. The number of aryl methyl sites for hydroxylation is 1. The molecule has 0 aliphatic carbocycles. The molecule has 0 atom stereocenters. The number of hydrogen-bond acceptors (Lipinski definition) is 5. The van der Waals surface area contributed by atoms with E-state index in [0.29, 0.717) is 25.3 Å². The van der Waals surface area contributed by atoms with Gasteiger partial charge in [-0.2, -0.15) is 5.10 Å². The van der Waals surface area contributed by atoms with E-state index >= 15 is 0 Å². The molecule has 0 saturated heterocycles. The summed E-state index contributed by atoms with van der Waals surface area (Å²) < 4.78 is 15.2. The third-order valence-electron chi connectivity index (χ3n) is 5.37. The SMILES string of the molecule is [B]N(CCc1cccc(F)c1)Cc1nc(-c2ccc3ncnn3c2)c(-c2cccc(C)n2)[nH]1. The Morgan fingerprint density at radius 2 is 1.97 bits per heavy atom. The van der Waals surface area contributed by atoms with Crippen LogP contribution in [-0.2, 0) is 13.0 Å². The van der Waals surface area contributed by atoms with E-state index in [-0.39, 0.29) is 5.82 Å². The molecule has 0 amide bonds. The number of H-pyrrole nitrogens is 1. The molecule has 2 radical (unpaired) electrons. The van der Waals surface area contributed by atoms with E-state index in [1.54, 1.807) is 15.4 Å². The predicted octanol–water partition coefficient (Wildman–Crippen LogP) is 3.76. The Morgan fingerprint density at radius 1 is 1.09 bits per heavy atom. The highest BCUT2D eigenvalue weighted by Crippen LogP contribution is 2.29. The topological polar surface area (TPSA) is 75.0 Å². The van der Waals surface area contributed by atoms with E-state index in [0.717, 1.165) is 39.5 Å². The Labute approximate surface area is 191 Å². The van der Waals surface area contributed by atoms with Gasteiger partial charge in [0.25, 0.3) is 0 Å². The minimum atomic E-state index is -0.244. The number of benzene rings is 1. The van der Waals surface area contributed by atoms with Gasteiger partial charge in [-0.3, -0.25) is 4.98 Å². The van der Waals surface area contributed by atoms with Crippen molar-refractivity contribution in [2.24, 2.45) is 0 Å². The molecule has 33 heavy (non-hydrogen) atoms. The molecule has 4 aromatic heterocycles. The van der Waals surface area contributed by atoms with Gasteiger partial charge >= 0.3 is 0 Å². The summed E-state index contributed by atoms with van der Waals surface area (Å²) in [5.74, 6) is 0.468. The quantitative estimate of drug-likeness (QED) is 0.393. The molecule has 1 aromatic carbocycles. The molecule has 0 aliphatic heterocycles. The first-order valence-corrected chi connectivity index (χ1v) is 10.6. The summed E-state index contributed by atoms with van der Waals surface area (Å²) in [6.45, 7) is 2.91. The van der Waals surface area contributed by atoms with Gasteiger partial charge in [0.1, 0.15) is 18.0 Å². The number of hydrogen-bond donors (Lipinski definition) is 1. The highest BCUT2D eigenvalue weighted by Gasteiger charge is 2.17. The van der Waals surface area contributed by atoms with Crippen LogP contribution in [0.4, 0.5) is 4.39 Å². The van der Waals surface area contributed by atoms with Crippen molar-refractivity contribution in [3.05, 3.63) is 90.0 Å². The minimum absolute atomic E-state index is 0.244. The minimum Gasteiger partial charge on any atom is -0.347 e. The van der Waals surface area contributed by atoms with Crippen molar-refractivity contribution in [3.63, 3.8) is 0 Å². The molecule has 9 heteroatoms. The van der Waals surface area contributed by atoms with E-state index in [4.69, 9.17) is 13.0 Å².